The minimum Gasteiger partial charge on any atom is -0.396 e. The maximum atomic E-state index is 9.88. The Bertz CT molecular complexity index is 136. The molecule has 0 aromatic rings. The summed E-state index contributed by atoms with van der Waals surface area (Å²) in [7, 11) is 0.817. The molecular formula is C7H18O7P+. The van der Waals surface area contributed by atoms with Crippen LogP contribution in [0.4, 0.5) is 0 Å². The van der Waals surface area contributed by atoms with Gasteiger partial charge in [-0.3, -0.25) is 0 Å². The lowest BCUT2D eigenvalue weighted by Crippen LogP contribution is -2.37. The Morgan fingerprint density at radius 1 is 0.933 bits per heavy atom. The Morgan fingerprint density at radius 3 is 1.20 bits per heavy atom. The summed E-state index contributed by atoms with van der Waals surface area (Å²) in [4.78, 5) is 0. The van der Waals surface area contributed by atoms with Gasteiger partial charge in [0.1, 0.15) is 0 Å². The molecule has 0 spiro atoms. The maximum absolute atomic E-state index is 9.88. The van der Waals surface area contributed by atoms with Crippen LogP contribution in [0, 0.1) is 5.41 Å². The fraction of sp³-hybridized carbons (Fsp3) is 1.00. The third-order valence-electron chi connectivity index (χ3n) is 1.64. The van der Waals surface area contributed by atoms with E-state index in [1.165, 1.54) is 14.2 Å². The zero-order chi connectivity index (χ0) is 12.3. The molecule has 15 heavy (non-hydrogen) atoms. The summed E-state index contributed by atoms with van der Waals surface area (Å²) in [5.74, 6) is 0. The van der Waals surface area contributed by atoms with Gasteiger partial charge in [0.05, 0.1) is 46.1 Å². The third-order valence-corrected chi connectivity index (χ3v) is 2.24. The highest BCUT2D eigenvalue weighted by atomic mass is 31.1. The normalized spacial score (nSPS) is 10.5. The van der Waals surface area contributed by atoms with Gasteiger partial charge in [0.25, 0.3) is 0 Å². The average molecular weight is 245 g/mol. The highest BCUT2D eigenvalue weighted by molar-refractivity contribution is 7.33. The van der Waals surface area contributed by atoms with Crippen molar-refractivity contribution in [3.05, 3.63) is 0 Å². The standard InChI is InChI=1S/C5H12O4.C2H6O3P/c6-1-5(2-7,3-8)4-9;1-4-6(3)5-2/h6-9H,1-4H2;1-2H3/q;+1. The van der Waals surface area contributed by atoms with Crippen LogP contribution in [-0.2, 0) is 13.6 Å². The highest BCUT2D eigenvalue weighted by Gasteiger charge is 2.26. The van der Waals surface area contributed by atoms with Crippen molar-refractivity contribution in [2.45, 2.75) is 0 Å². The molecule has 0 aliphatic carbocycles. The smallest absolute Gasteiger partial charge is 0.396 e. The number of rotatable bonds is 6. The van der Waals surface area contributed by atoms with Crippen molar-refractivity contribution in [1.29, 1.82) is 0 Å². The molecule has 0 aliphatic rings. The highest BCUT2D eigenvalue weighted by Crippen LogP contribution is 2.18. The van der Waals surface area contributed by atoms with E-state index < -0.39 is 40.1 Å². The quantitative estimate of drug-likeness (QED) is 0.438. The van der Waals surface area contributed by atoms with Crippen LogP contribution in [0.25, 0.3) is 0 Å². The Balaban J connectivity index is 0. The van der Waals surface area contributed by atoms with Gasteiger partial charge < -0.3 is 20.4 Å². The lowest BCUT2D eigenvalue weighted by Gasteiger charge is -2.23. The first-order valence-corrected chi connectivity index (χ1v) is 5.14. The van der Waals surface area contributed by atoms with Gasteiger partial charge in [-0.25, -0.2) is 0 Å². The van der Waals surface area contributed by atoms with Crippen molar-refractivity contribution in [3.63, 3.8) is 0 Å². The van der Waals surface area contributed by atoms with E-state index in [1.54, 1.807) is 0 Å². The summed E-state index contributed by atoms with van der Waals surface area (Å²) in [6.07, 6.45) is 0. The lowest BCUT2D eigenvalue weighted by atomic mass is 9.93. The minimum atomic E-state index is -1.83. The van der Waals surface area contributed by atoms with Crippen molar-refractivity contribution in [2.24, 2.45) is 5.41 Å². The predicted molar refractivity (Wildman–Crippen MR) is 52.4 cm³/mol. The SMILES string of the molecule is CO[P+](=O)OC.OCC(CO)(CO)CO. The van der Waals surface area contributed by atoms with Crippen LogP contribution in [0.5, 0.6) is 0 Å². The molecule has 0 unspecified atom stereocenters. The zero-order valence-electron chi connectivity index (χ0n) is 8.79. The minimum absolute atomic E-state index is 0.406. The van der Waals surface area contributed by atoms with E-state index >= 15 is 0 Å². The molecule has 0 radical (unpaired) electrons. The van der Waals surface area contributed by atoms with Crippen LogP contribution in [0.1, 0.15) is 0 Å². The molecule has 0 aliphatic heterocycles. The number of hydrogen-bond acceptors (Lipinski definition) is 7. The molecule has 0 rings (SSSR count). The van der Waals surface area contributed by atoms with Gasteiger partial charge >= 0.3 is 8.25 Å². The first-order valence-electron chi connectivity index (χ1n) is 4.04. The molecule has 0 heterocycles. The molecule has 0 amide bonds. The first-order chi connectivity index (χ1) is 7.05. The van der Waals surface area contributed by atoms with Gasteiger partial charge in [-0.05, 0) is 0 Å². The summed E-state index contributed by atoms with van der Waals surface area (Å²) in [6.45, 7) is -1.62. The molecule has 0 atom stereocenters. The Kier molecular flexibility index (Phi) is 11.9. The molecule has 7 nitrogen and oxygen atoms in total. The van der Waals surface area contributed by atoms with E-state index in [0.29, 0.717) is 0 Å². The average Bonchev–Trinajstić information content (AvgIpc) is 2.32. The van der Waals surface area contributed by atoms with Crippen molar-refractivity contribution >= 4 is 8.25 Å². The molecule has 0 saturated carbocycles. The summed E-state index contributed by atoms with van der Waals surface area (Å²) < 4.78 is 18.3. The third kappa shape index (κ3) is 7.75. The topological polar surface area (TPSA) is 116 Å². The fourth-order valence-corrected chi connectivity index (χ4v) is 0.524. The van der Waals surface area contributed by atoms with Gasteiger partial charge in [-0.15, -0.1) is 9.05 Å². The molecule has 92 valence electrons. The Hall–Kier alpha value is -0.140. The van der Waals surface area contributed by atoms with Crippen LogP contribution in [-0.4, -0.2) is 61.1 Å². The van der Waals surface area contributed by atoms with Gasteiger partial charge in [0.15, 0.2) is 0 Å². The lowest BCUT2D eigenvalue weighted by molar-refractivity contribution is -0.0328. The summed E-state index contributed by atoms with van der Waals surface area (Å²) in [5.41, 5.74) is -1.11. The second-order valence-electron chi connectivity index (χ2n) is 2.72. The summed E-state index contributed by atoms with van der Waals surface area (Å²) in [6, 6.07) is 0. The molecule has 0 saturated heterocycles. The number of aliphatic hydroxyl groups excluding tert-OH is 4. The van der Waals surface area contributed by atoms with E-state index in [1.807, 2.05) is 0 Å². The van der Waals surface area contributed by atoms with Gasteiger partial charge in [-0.2, -0.15) is 0 Å². The van der Waals surface area contributed by atoms with Gasteiger partial charge in [0.2, 0.25) is 0 Å². The zero-order valence-corrected chi connectivity index (χ0v) is 9.68. The van der Waals surface area contributed by atoms with E-state index in [4.69, 9.17) is 20.4 Å². The second kappa shape index (κ2) is 10.4. The number of aliphatic hydroxyl groups is 4. The predicted octanol–water partition coefficient (Wildman–Crippen LogP) is -1.12. The van der Waals surface area contributed by atoms with E-state index in [0.717, 1.165) is 0 Å². The van der Waals surface area contributed by atoms with Gasteiger partial charge in [0, 0.05) is 4.57 Å². The van der Waals surface area contributed by atoms with Crippen LogP contribution in [0.2, 0.25) is 0 Å². The van der Waals surface area contributed by atoms with Crippen LogP contribution in [0.3, 0.4) is 0 Å². The van der Waals surface area contributed by atoms with Crippen molar-refractivity contribution in [2.75, 3.05) is 40.6 Å². The van der Waals surface area contributed by atoms with Crippen LogP contribution >= 0.6 is 8.25 Å². The van der Waals surface area contributed by atoms with Gasteiger partial charge in [-0.1, -0.05) is 0 Å². The van der Waals surface area contributed by atoms with E-state index in [2.05, 4.69) is 9.05 Å². The summed E-state index contributed by atoms with van der Waals surface area (Å²) >= 11 is 0. The maximum Gasteiger partial charge on any atom is 0.696 e. The monoisotopic (exact) mass is 245 g/mol. The molecular weight excluding hydrogens is 227 g/mol. The van der Waals surface area contributed by atoms with E-state index in [-0.39, 0.29) is 0 Å². The van der Waals surface area contributed by atoms with Crippen molar-refractivity contribution in [1.82, 2.24) is 0 Å². The molecule has 0 bridgehead atoms. The Morgan fingerprint density at radius 2 is 1.20 bits per heavy atom. The molecule has 8 heteroatoms. The fourth-order valence-electron chi connectivity index (χ4n) is 0.375. The van der Waals surface area contributed by atoms with E-state index in [9.17, 15) is 4.57 Å². The second-order valence-corrected chi connectivity index (χ2v) is 3.90. The van der Waals surface area contributed by atoms with Crippen LogP contribution < -0.4 is 0 Å². The molecule has 0 fully saturated rings. The largest absolute Gasteiger partial charge is 0.696 e. The molecule has 0 aromatic heterocycles. The summed E-state index contributed by atoms with van der Waals surface area (Å²) in [5, 5.41) is 34.0. The molecule has 0 aromatic carbocycles. The van der Waals surface area contributed by atoms with Crippen LogP contribution in [0.15, 0.2) is 0 Å². The number of hydrogen-bond donors (Lipinski definition) is 4. The molecule has 4 N–H and O–H groups in total. The van der Waals surface area contributed by atoms with Crippen molar-refractivity contribution in [3.8, 4) is 0 Å². The van der Waals surface area contributed by atoms with Crippen molar-refractivity contribution < 1.29 is 34.0 Å². The first kappa shape index (κ1) is 17.3. The Labute approximate surface area is 89.2 Å².